The molecule has 1 aromatic carbocycles. The predicted molar refractivity (Wildman–Crippen MR) is 99.8 cm³/mol. The molecule has 1 nitrogen and oxygen atoms in total. The summed E-state index contributed by atoms with van der Waals surface area (Å²) >= 11 is 5.14. The van der Waals surface area contributed by atoms with Crippen LogP contribution in [-0.2, 0) is 6.54 Å². The number of likely N-dealkylation sites (tertiary alicyclic amines) is 1. The van der Waals surface area contributed by atoms with Crippen LogP contribution in [0.5, 0.6) is 0 Å². The van der Waals surface area contributed by atoms with Crippen LogP contribution in [0.3, 0.4) is 0 Å². The molecule has 1 saturated heterocycles. The van der Waals surface area contributed by atoms with E-state index in [9.17, 15) is 0 Å². The first-order valence-electron chi connectivity index (χ1n) is 8.19. The van der Waals surface area contributed by atoms with E-state index in [1.165, 1.54) is 24.9 Å². The first-order chi connectivity index (χ1) is 9.73. The molecule has 0 unspecified atom stereocenters. The van der Waals surface area contributed by atoms with Gasteiger partial charge in [-0.15, -0.1) is 0 Å². The van der Waals surface area contributed by atoms with Crippen LogP contribution in [0, 0.1) is 0 Å². The molecule has 0 amide bonds. The first kappa shape index (κ1) is 17.1. The monoisotopic (exact) mass is 321 g/mol. The van der Waals surface area contributed by atoms with Crippen molar-refractivity contribution in [3.8, 4) is 0 Å². The van der Waals surface area contributed by atoms with E-state index in [1.54, 1.807) is 0 Å². The van der Waals surface area contributed by atoms with E-state index >= 15 is 0 Å². The van der Waals surface area contributed by atoms with Crippen molar-refractivity contribution >= 4 is 20.7 Å². The number of hydrogen-bond acceptors (Lipinski definition) is 2. The van der Waals surface area contributed by atoms with Crippen LogP contribution in [0.25, 0.3) is 0 Å². The van der Waals surface area contributed by atoms with Gasteiger partial charge in [0, 0.05) is 17.5 Å². The van der Waals surface area contributed by atoms with Crippen molar-refractivity contribution < 1.29 is 0 Å². The minimum atomic E-state index is -1.41. The SMILES string of the molecule is CC(C)(C)[Si](C)(C)[C@H](S)[C@@H]1CCCN1Cc1ccccc1. The van der Waals surface area contributed by atoms with Crippen LogP contribution < -0.4 is 0 Å². The Kier molecular flexibility index (Phi) is 5.27. The topological polar surface area (TPSA) is 3.24 Å². The normalized spacial score (nSPS) is 22.5. The first-order valence-corrected chi connectivity index (χ1v) is 11.8. The summed E-state index contributed by atoms with van der Waals surface area (Å²) < 4.78 is 0. The number of nitrogens with zero attached hydrogens (tertiary/aromatic N) is 1. The Morgan fingerprint density at radius 1 is 1.24 bits per heavy atom. The fourth-order valence-corrected chi connectivity index (χ4v) is 6.87. The average molecular weight is 322 g/mol. The lowest BCUT2D eigenvalue weighted by atomic mass is 10.2. The van der Waals surface area contributed by atoms with Crippen molar-refractivity contribution in [2.24, 2.45) is 0 Å². The molecule has 1 fully saturated rings. The van der Waals surface area contributed by atoms with Gasteiger partial charge in [-0.25, -0.2) is 0 Å². The second kappa shape index (κ2) is 6.47. The van der Waals surface area contributed by atoms with E-state index in [-0.39, 0.29) is 0 Å². The Bertz CT molecular complexity index is 452. The Balaban J connectivity index is 2.11. The lowest BCUT2D eigenvalue weighted by Gasteiger charge is -2.45. The molecule has 0 radical (unpaired) electrons. The van der Waals surface area contributed by atoms with Crippen molar-refractivity contribution in [2.45, 2.75) is 69.2 Å². The summed E-state index contributed by atoms with van der Waals surface area (Å²) in [6.45, 7) is 14.5. The lowest BCUT2D eigenvalue weighted by molar-refractivity contribution is 0.253. The second-order valence-corrected chi connectivity index (χ2v) is 14.7. The van der Waals surface area contributed by atoms with Crippen LogP contribution in [-0.4, -0.2) is 30.4 Å². The lowest BCUT2D eigenvalue weighted by Crippen LogP contribution is -2.55. The third kappa shape index (κ3) is 3.75. The van der Waals surface area contributed by atoms with Crippen LogP contribution in [0.2, 0.25) is 18.1 Å². The third-order valence-electron chi connectivity index (χ3n) is 5.68. The summed E-state index contributed by atoms with van der Waals surface area (Å²) in [6.07, 6.45) is 2.64. The maximum absolute atomic E-state index is 5.14. The Labute approximate surface area is 137 Å². The molecular formula is C18H31NSSi. The standard InChI is InChI=1S/C18H31NSSi/c1-18(2,3)21(4,5)17(20)16-12-9-13-19(16)14-15-10-7-6-8-11-15/h6-8,10-11,16-17,20H,9,12-14H2,1-5H3/t16-,17-/m0/s1. The maximum Gasteiger partial charge on any atom is 0.0687 e. The molecule has 0 aromatic heterocycles. The van der Waals surface area contributed by atoms with Gasteiger partial charge in [0.1, 0.15) is 0 Å². The fraction of sp³-hybridized carbons (Fsp3) is 0.667. The molecule has 0 bridgehead atoms. The van der Waals surface area contributed by atoms with Crippen molar-refractivity contribution in [3.05, 3.63) is 35.9 Å². The van der Waals surface area contributed by atoms with E-state index in [1.807, 2.05) is 0 Å². The number of benzene rings is 1. The summed E-state index contributed by atoms with van der Waals surface area (Å²) in [5.41, 5.74) is 1.43. The van der Waals surface area contributed by atoms with Crippen molar-refractivity contribution in [1.29, 1.82) is 0 Å². The quantitative estimate of drug-likeness (QED) is 0.603. The number of thiol groups is 1. The molecule has 1 aliphatic heterocycles. The molecule has 0 aliphatic carbocycles. The van der Waals surface area contributed by atoms with Gasteiger partial charge in [-0.05, 0) is 30.0 Å². The molecule has 2 rings (SSSR count). The highest BCUT2D eigenvalue weighted by molar-refractivity contribution is 7.83. The minimum Gasteiger partial charge on any atom is -0.295 e. The molecule has 21 heavy (non-hydrogen) atoms. The summed E-state index contributed by atoms with van der Waals surface area (Å²) in [5, 5.41) is 0.403. The smallest absolute Gasteiger partial charge is 0.0687 e. The van der Waals surface area contributed by atoms with Crippen molar-refractivity contribution in [2.75, 3.05) is 6.54 Å². The maximum atomic E-state index is 5.14. The highest BCUT2D eigenvalue weighted by atomic mass is 32.1. The van der Waals surface area contributed by atoms with Crippen molar-refractivity contribution in [1.82, 2.24) is 4.90 Å². The van der Waals surface area contributed by atoms with E-state index in [4.69, 9.17) is 12.6 Å². The van der Waals surface area contributed by atoms with Gasteiger partial charge in [0.2, 0.25) is 0 Å². The summed E-state index contributed by atoms with van der Waals surface area (Å²) in [5.74, 6) is 0. The zero-order chi connectivity index (χ0) is 15.7. The van der Waals surface area contributed by atoms with Gasteiger partial charge in [-0.2, -0.15) is 12.6 Å². The van der Waals surface area contributed by atoms with Crippen LogP contribution >= 0.6 is 12.6 Å². The molecule has 3 heteroatoms. The molecule has 118 valence electrons. The van der Waals surface area contributed by atoms with Crippen LogP contribution in [0.1, 0.15) is 39.2 Å². The Morgan fingerprint density at radius 3 is 2.43 bits per heavy atom. The molecule has 0 N–H and O–H groups in total. The van der Waals surface area contributed by atoms with Gasteiger partial charge in [0.05, 0.1) is 8.07 Å². The summed E-state index contributed by atoms with van der Waals surface area (Å²) in [7, 11) is -1.41. The Morgan fingerprint density at radius 2 is 1.86 bits per heavy atom. The zero-order valence-corrected chi connectivity index (χ0v) is 16.2. The van der Waals surface area contributed by atoms with Crippen LogP contribution in [0.4, 0.5) is 0 Å². The minimum absolute atomic E-state index is 0.403. The number of hydrogen-bond donors (Lipinski definition) is 1. The van der Waals surface area contributed by atoms with E-state index < -0.39 is 8.07 Å². The molecule has 0 saturated carbocycles. The third-order valence-corrected chi connectivity index (χ3v) is 13.7. The number of rotatable bonds is 4. The largest absolute Gasteiger partial charge is 0.295 e. The van der Waals surface area contributed by atoms with E-state index in [2.05, 4.69) is 69.1 Å². The molecule has 2 atom stereocenters. The Hall–Kier alpha value is -0.253. The van der Waals surface area contributed by atoms with E-state index in [0.717, 1.165) is 6.54 Å². The predicted octanol–water partition coefficient (Wildman–Crippen LogP) is 5.00. The zero-order valence-electron chi connectivity index (χ0n) is 14.3. The average Bonchev–Trinajstić information content (AvgIpc) is 2.85. The molecule has 1 aliphatic rings. The second-order valence-electron chi connectivity index (χ2n) is 8.08. The van der Waals surface area contributed by atoms with Crippen molar-refractivity contribution in [3.63, 3.8) is 0 Å². The highest BCUT2D eigenvalue weighted by Gasteiger charge is 2.46. The molecular weight excluding hydrogens is 290 g/mol. The van der Waals surface area contributed by atoms with E-state index in [0.29, 0.717) is 16.0 Å². The molecule has 0 spiro atoms. The summed E-state index contributed by atoms with van der Waals surface area (Å²) in [6, 6.07) is 11.5. The van der Waals surface area contributed by atoms with Gasteiger partial charge in [0.25, 0.3) is 0 Å². The van der Waals surface area contributed by atoms with Gasteiger partial charge in [-0.1, -0.05) is 64.2 Å². The summed E-state index contributed by atoms with van der Waals surface area (Å²) in [4.78, 5) is 3.22. The van der Waals surface area contributed by atoms with Crippen LogP contribution in [0.15, 0.2) is 30.3 Å². The molecule has 1 heterocycles. The van der Waals surface area contributed by atoms with Gasteiger partial charge in [-0.3, -0.25) is 4.90 Å². The van der Waals surface area contributed by atoms with Gasteiger partial charge >= 0.3 is 0 Å². The molecule has 1 aromatic rings. The fourth-order valence-electron chi connectivity index (χ4n) is 3.15. The van der Waals surface area contributed by atoms with Gasteiger partial charge < -0.3 is 0 Å². The highest BCUT2D eigenvalue weighted by Crippen LogP contribution is 2.43. The van der Waals surface area contributed by atoms with Gasteiger partial charge in [0.15, 0.2) is 0 Å².